The smallest absolute Gasteiger partial charge is 0.133 e. The van der Waals surface area contributed by atoms with Gasteiger partial charge in [-0.25, -0.2) is 0 Å². The van der Waals surface area contributed by atoms with Crippen LogP contribution in [-0.4, -0.2) is 43.6 Å². The maximum atomic E-state index is 12.3. The van der Waals surface area contributed by atoms with Gasteiger partial charge < -0.3 is 15.0 Å². The fourth-order valence-electron chi connectivity index (χ4n) is 5.23. The Morgan fingerprint density at radius 1 is 0.800 bits per heavy atom. The zero-order valence-electron chi connectivity index (χ0n) is 23.2. The number of nitrogens with zero attached hydrogens (tertiary/aromatic N) is 2. The van der Waals surface area contributed by atoms with Crippen LogP contribution in [0.1, 0.15) is 35.1 Å². The minimum atomic E-state index is 0.298. The van der Waals surface area contributed by atoms with Crippen molar-refractivity contribution in [1.82, 2.24) is 10.3 Å². The summed E-state index contributed by atoms with van der Waals surface area (Å²) >= 11 is 0. The highest BCUT2D eigenvalue weighted by atomic mass is 16.5. The SMILES string of the molecule is O=C(CCc1ccc(COCCc2ccccc2-c2cccc(N3CCNCC3)c2)cc1)CCc1cccnc1. The van der Waals surface area contributed by atoms with E-state index in [9.17, 15) is 4.79 Å². The summed E-state index contributed by atoms with van der Waals surface area (Å²) < 4.78 is 6.07. The number of rotatable bonds is 13. The monoisotopic (exact) mass is 533 g/mol. The van der Waals surface area contributed by atoms with Crippen molar-refractivity contribution in [3.8, 4) is 11.1 Å². The third-order valence-corrected chi connectivity index (χ3v) is 7.57. The average molecular weight is 534 g/mol. The Kier molecular flexibility index (Phi) is 10.1. The lowest BCUT2D eigenvalue weighted by Gasteiger charge is -2.29. The van der Waals surface area contributed by atoms with E-state index in [1.54, 1.807) is 6.20 Å². The van der Waals surface area contributed by atoms with Crippen LogP contribution in [-0.2, 0) is 35.4 Å². The summed E-state index contributed by atoms with van der Waals surface area (Å²) in [5.74, 6) is 0.298. The van der Waals surface area contributed by atoms with Gasteiger partial charge in [0, 0.05) is 57.1 Å². The molecule has 5 heteroatoms. The molecule has 0 bridgehead atoms. The molecule has 5 nitrogen and oxygen atoms in total. The number of Topliss-reactive ketones (excluding diaryl/α,β-unsaturated/α-hetero) is 1. The van der Waals surface area contributed by atoms with Crippen molar-refractivity contribution in [2.75, 3.05) is 37.7 Å². The van der Waals surface area contributed by atoms with Gasteiger partial charge in [0.05, 0.1) is 13.2 Å². The topological polar surface area (TPSA) is 54.5 Å². The van der Waals surface area contributed by atoms with Gasteiger partial charge in [-0.05, 0) is 70.8 Å². The molecule has 0 spiro atoms. The lowest BCUT2D eigenvalue weighted by atomic mass is 9.97. The molecule has 1 N–H and O–H groups in total. The van der Waals surface area contributed by atoms with Gasteiger partial charge in [-0.2, -0.15) is 0 Å². The maximum absolute atomic E-state index is 12.3. The Morgan fingerprint density at radius 3 is 2.38 bits per heavy atom. The summed E-state index contributed by atoms with van der Waals surface area (Å²) in [4.78, 5) is 18.9. The summed E-state index contributed by atoms with van der Waals surface area (Å²) in [6.45, 7) is 5.42. The Hall–Kier alpha value is -3.80. The number of aromatic nitrogens is 1. The summed E-state index contributed by atoms with van der Waals surface area (Å²) in [5.41, 5.74) is 8.61. The molecule has 40 heavy (non-hydrogen) atoms. The standard InChI is InChI=1S/C35H39N3O2/c39-34(17-15-29-5-4-19-37-26-29)16-14-28-10-12-30(13-11-28)27-40-24-18-31-6-1-2-9-35(31)32-7-3-8-33(25-32)38-22-20-36-21-23-38/h1-13,19,25-26,36H,14-18,20-24,27H2. The molecule has 1 fully saturated rings. The number of carbonyl (C=O) groups excluding carboxylic acids is 1. The van der Waals surface area contributed by atoms with Crippen LogP contribution in [0.25, 0.3) is 11.1 Å². The summed E-state index contributed by atoms with van der Waals surface area (Å²) in [6, 6.07) is 30.0. The Balaban J connectivity index is 1.07. The van der Waals surface area contributed by atoms with E-state index in [1.807, 2.05) is 18.3 Å². The molecule has 1 aromatic heterocycles. The second-order valence-electron chi connectivity index (χ2n) is 10.5. The van der Waals surface area contributed by atoms with Gasteiger partial charge in [-0.1, -0.05) is 66.7 Å². The van der Waals surface area contributed by atoms with E-state index in [0.29, 0.717) is 31.8 Å². The number of carbonyl (C=O) groups is 1. The first kappa shape index (κ1) is 27.8. The Bertz CT molecular complexity index is 1350. The third-order valence-electron chi connectivity index (χ3n) is 7.57. The first-order chi connectivity index (χ1) is 19.7. The lowest BCUT2D eigenvalue weighted by Crippen LogP contribution is -2.43. The van der Waals surface area contributed by atoms with Gasteiger partial charge in [0.2, 0.25) is 0 Å². The van der Waals surface area contributed by atoms with Gasteiger partial charge in [-0.15, -0.1) is 0 Å². The minimum Gasteiger partial charge on any atom is -0.376 e. The Morgan fingerprint density at radius 2 is 1.57 bits per heavy atom. The molecule has 0 aliphatic carbocycles. The third kappa shape index (κ3) is 8.10. The molecule has 206 valence electrons. The lowest BCUT2D eigenvalue weighted by molar-refractivity contribution is -0.119. The zero-order chi connectivity index (χ0) is 27.4. The highest BCUT2D eigenvalue weighted by Gasteiger charge is 2.12. The highest BCUT2D eigenvalue weighted by molar-refractivity contribution is 5.78. The number of benzene rings is 3. The molecule has 3 aromatic carbocycles. The van der Waals surface area contributed by atoms with Crippen LogP contribution in [0.3, 0.4) is 0 Å². The van der Waals surface area contributed by atoms with Gasteiger partial charge in [0.1, 0.15) is 5.78 Å². The second-order valence-corrected chi connectivity index (χ2v) is 10.5. The van der Waals surface area contributed by atoms with Crippen molar-refractivity contribution in [3.05, 3.63) is 120 Å². The van der Waals surface area contributed by atoms with E-state index in [-0.39, 0.29) is 0 Å². The number of hydrogen-bond acceptors (Lipinski definition) is 5. The molecule has 0 radical (unpaired) electrons. The van der Waals surface area contributed by atoms with E-state index in [1.165, 1.54) is 27.9 Å². The largest absolute Gasteiger partial charge is 0.376 e. The van der Waals surface area contributed by atoms with Crippen LogP contribution in [0.2, 0.25) is 0 Å². The second kappa shape index (κ2) is 14.5. The number of ether oxygens (including phenoxy) is 1. The molecule has 0 atom stereocenters. The molecule has 0 saturated carbocycles. The molecule has 1 aliphatic heterocycles. The molecule has 0 unspecified atom stereocenters. The van der Waals surface area contributed by atoms with E-state index in [0.717, 1.165) is 56.6 Å². The first-order valence-electron chi connectivity index (χ1n) is 14.4. The summed E-state index contributed by atoms with van der Waals surface area (Å²) in [5, 5.41) is 3.43. The summed E-state index contributed by atoms with van der Waals surface area (Å²) in [6.07, 6.45) is 7.15. The van der Waals surface area contributed by atoms with Gasteiger partial charge in [-0.3, -0.25) is 9.78 Å². The average Bonchev–Trinajstić information content (AvgIpc) is 3.03. The highest BCUT2D eigenvalue weighted by Crippen LogP contribution is 2.28. The van der Waals surface area contributed by atoms with Gasteiger partial charge >= 0.3 is 0 Å². The molecule has 0 amide bonds. The quantitative estimate of drug-likeness (QED) is 0.212. The van der Waals surface area contributed by atoms with Crippen LogP contribution in [0.5, 0.6) is 0 Å². The number of piperazine rings is 1. The van der Waals surface area contributed by atoms with Gasteiger partial charge in [0.15, 0.2) is 0 Å². The van der Waals surface area contributed by atoms with E-state index in [4.69, 9.17) is 4.74 Å². The van der Waals surface area contributed by atoms with Crippen LogP contribution < -0.4 is 10.2 Å². The number of ketones is 1. The molecule has 5 rings (SSSR count). The number of pyridine rings is 1. The first-order valence-corrected chi connectivity index (χ1v) is 14.4. The molecular formula is C35H39N3O2. The molecule has 2 heterocycles. The maximum Gasteiger partial charge on any atom is 0.133 e. The van der Waals surface area contributed by atoms with Crippen LogP contribution >= 0.6 is 0 Å². The Labute approximate surface area is 238 Å². The normalized spacial score (nSPS) is 13.3. The fraction of sp³-hybridized carbons (Fsp3) is 0.314. The molecule has 4 aromatic rings. The van der Waals surface area contributed by atoms with Crippen molar-refractivity contribution in [3.63, 3.8) is 0 Å². The number of anilines is 1. The predicted octanol–water partition coefficient (Wildman–Crippen LogP) is 6.05. The van der Waals surface area contributed by atoms with Crippen molar-refractivity contribution in [1.29, 1.82) is 0 Å². The van der Waals surface area contributed by atoms with Crippen molar-refractivity contribution in [2.45, 2.75) is 38.7 Å². The van der Waals surface area contributed by atoms with E-state index >= 15 is 0 Å². The number of aryl methyl sites for hydroxylation is 2. The number of hydrogen-bond donors (Lipinski definition) is 1. The van der Waals surface area contributed by atoms with Crippen LogP contribution in [0.15, 0.2) is 97.3 Å². The van der Waals surface area contributed by atoms with Crippen molar-refractivity contribution < 1.29 is 9.53 Å². The molecule has 1 saturated heterocycles. The van der Waals surface area contributed by atoms with Crippen molar-refractivity contribution in [2.24, 2.45) is 0 Å². The van der Waals surface area contributed by atoms with Crippen LogP contribution in [0.4, 0.5) is 5.69 Å². The molecular weight excluding hydrogens is 494 g/mol. The summed E-state index contributed by atoms with van der Waals surface area (Å²) in [7, 11) is 0. The van der Waals surface area contributed by atoms with E-state index < -0.39 is 0 Å². The predicted molar refractivity (Wildman–Crippen MR) is 163 cm³/mol. The minimum absolute atomic E-state index is 0.298. The molecule has 1 aliphatic rings. The van der Waals surface area contributed by atoms with Crippen LogP contribution in [0, 0.1) is 0 Å². The van der Waals surface area contributed by atoms with E-state index in [2.05, 4.69) is 88.0 Å². The van der Waals surface area contributed by atoms with Crippen molar-refractivity contribution >= 4 is 11.5 Å². The number of nitrogens with one attached hydrogen (secondary N) is 1. The fourth-order valence-corrected chi connectivity index (χ4v) is 5.23. The van der Waals surface area contributed by atoms with Gasteiger partial charge in [0.25, 0.3) is 0 Å². The zero-order valence-corrected chi connectivity index (χ0v) is 23.2.